The molecule has 2 saturated heterocycles. The Bertz CT molecular complexity index is 1430. The van der Waals surface area contributed by atoms with Gasteiger partial charge < -0.3 is 15.1 Å². The highest BCUT2D eigenvalue weighted by Crippen LogP contribution is 2.36. The summed E-state index contributed by atoms with van der Waals surface area (Å²) in [5.74, 6) is 7.01. The molecule has 0 unspecified atom stereocenters. The summed E-state index contributed by atoms with van der Waals surface area (Å²) in [6, 6.07) is 5.03. The molecule has 0 atom stereocenters. The molecule has 2 aromatic heterocycles. The molecule has 0 spiro atoms. The van der Waals surface area contributed by atoms with Crippen molar-refractivity contribution < 1.29 is 14.0 Å². The Hall–Kier alpha value is -3.77. The van der Waals surface area contributed by atoms with E-state index in [9.17, 15) is 9.59 Å². The normalized spacial score (nSPS) is 16.6. The summed E-state index contributed by atoms with van der Waals surface area (Å²) in [6.45, 7) is 7.90. The molecule has 2 amide bonds. The zero-order valence-corrected chi connectivity index (χ0v) is 24.2. The van der Waals surface area contributed by atoms with Crippen LogP contribution in [0.3, 0.4) is 0 Å². The van der Waals surface area contributed by atoms with E-state index >= 15 is 4.39 Å². The van der Waals surface area contributed by atoms with Gasteiger partial charge in [0.05, 0.1) is 11.9 Å². The minimum Gasteiger partial charge on any atom is -0.343 e. The Labute approximate surface area is 243 Å². The van der Waals surface area contributed by atoms with Crippen molar-refractivity contribution in [3.63, 3.8) is 0 Å². The van der Waals surface area contributed by atoms with Gasteiger partial charge in [-0.1, -0.05) is 11.6 Å². The lowest BCUT2D eigenvalue weighted by atomic mass is 9.85. The third-order valence-electron chi connectivity index (χ3n) is 8.03. The van der Waals surface area contributed by atoms with Gasteiger partial charge in [0, 0.05) is 50.8 Å². The van der Waals surface area contributed by atoms with Crippen LogP contribution in [-0.4, -0.2) is 68.0 Å². The summed E-state index contributed by atoms with van der Waals surface area (Å²) in [5.41, 5.74) is 2.81. The van der Waals surface area contributed by atoms with E-state index < -0.39 is 5.82 Å². The standard InChI is InChI=1S/C28H35ClFN9O2/c1-16-12-24(39(31)28-32-15-22(29)26(34-28)33-25-13-17(2)35-36-25)23(30)14-21(16)19-4-10-38(11-5-19)27(41)20-6-8-37(9-7-20)18(3)40/h12-15,19-20H,4-11,31H2,1-3H3,(H2,32,33,34,35,36). The predicted molar refractivity (Wildman–Crippen MR) is 155 cm³/mol. The average Bonchev–Trinajstić information content (AvgIpc) is 3.38. The predicted octanol–water partition coefficient (Wildman–Crippen LogP) is 4.33. The molecule has 11 nitrogen and oxygen atoms in total. The Morgan fingerprint density at radius 1 is 1.10 bits per heavy atom. The molecule has 0 bridgehead atoms. The number of anilines is 4. The first-order valence-electron chi connectivity index (χ1n) is 13.8. The number of nitrogens with zero attached hydrogens (tertiary/aromatic N) is 6. The Morgan fingerprint density at radius 2 is 1.78 bits per heavy atom. The molecule has 4 heterocycles. The van der Waals surface area contributed by atoms with E-state index in [4.69, 9.17) is 17.4 Å². The first-order valence-corrected chi connectivity index (χ1v) is 14.2. The summed E-state index contributed by atoms with van der Waals surface area (Å²) in [4.78, 5) is 37.0. The summed E-state index contributed by atoms with van der Waals surface area (Å²) < 4.78 is 15.5. The largest absolute Gasteiger partial charge is 0.343 e. The van der Waals surface area contributed by atoms with Crippen LogP contribution in [0.4, 0.5) is 27.7 Å². The number of aromatic amines is 1. The van der Waals surface area contributed by atoms with E-state index in [0.717, 1.165) is 34.7 Å². The van der Waals surface area contributed by atoms with Crippen LogP contribution in [0.5, 0.6) is 0 Å². The van der Waals surface area contributed by atoms with E-state index in [-0.39, 0.29) is 46.1 Å². The minimum atomic E-state index is -0.486. The molecule has 0 aliphatic carbocycles. The number of halogens is 2. The minimum absolute atomic E-state index is 0.0367. The van der Waals surface area contributed by atoms with Crippen LogP contribution < -0.4 is 16.2 Å². The van der Waals surface area contributed by atoms with Crippen molar-refractivity contribution in [3.8, 4) is 0 Å². The number of hydrogen-bond acceptors (Lipinski definition) is 8. The van der Waals surface area contributed by atoms with E-state index in [0.29, 0.717) is 44.8 Å². The second-order valence-corrected chi connectivity index (χ2v) is 11.2. The van der Waals surface area contributed by atoms with Gasteiger partial charge in [0.2, 0.25) is 17.8 Å². The van der Waals surface area contributed by atoms with Crippen LogP contribution in [0, 0.1) is 25.6 Å². The fourth-order valence-corrected chi connectivity index (χ4v) is 5.83. The molecule has 13 heteroatoms. The SMILES string of the molecule is CC(=O)N1CCC(C(=O)N2CCC(c3cc(F)c(N(N)c4ncc(Cl)c(Nc5cc(C)[nH]n5)n4)cc3C)CC2)CC1. The Balaban J connectivity index is 1.24. The molecule has 5 rings (SSSR count). The van der Waals surface area contributed by atoms with E-state index in [1.54, 1.807) is 24.0 Å². The smallest absolute Gasteiger partial charge is 0.246 e. The maximum absolute atomic E-state index is 15.5. The number of amides is 2. The van der Waals surface area contributed by atoms with Gasteiger partial charge in [0.25, 0.3) is 0 Å². The van der Waals surface area contributed by atoms with Crippen molar-refractivity contribution in [1.29, 1.82) is 0 Å². The quantitative estimate of drug-likeness (QED) is 0.288. The molecule has 0 saturated carbocycles. The van der Waals surface area contributed by atoms with Crippen molar-refractivity contribution in [2.24, 2.45) is 11.8 Å². The van der Waals surface area contributed by atoms with Gasteiger partial charge in [-0.15, -0.1) is 0 Å². The number of carbonyl (C=O) groups is 2. The van der Waals surface area contributed by atoms with Crippen LogP contribution in [-0.2, 0) is 9.59 Å². The molecule has 2 aliphatic heterocycles. The van der Waals surface area contributed by atoms with Gasteiger partial charge >= 0.3 is 0 Å². The van der Waals surface area contributed by atoms with Crippen LogP contribution >= 0.6 is 11.6 Å². The third kappa shape index (κ3) is 6.28. The molecule has 218 valence electrons. The van der Waals surface area contributed by atoms with Crippen LogP contribution in [0.1, 0.15) is 55.3 Å². The lowest BCUT2D eigenvalue weighted by Gasteiger charge is -2.37. The number of nitrogens with two attached hydrogens (primary N) is 1. The maximum atomic E-state index is 15.5. The number of nitrogens with one attached hydrogen (secondary N) is 2. The molecule has 2 aliphatic rings. The molecule has 0 radical (unpaired) electrons. The monoisotopic (exact) mass is 583 g/mol. The van der Waals surface area contributed by atoms with Crippen LogP contribution in [0.25, 0.3) is 0 Å². The van der Waals surface area contributed by atoms with E-state index in [1.807, 2.05) is 18.7 Å². The lowest BCUT2D eigenvalue weighted by Crippen LogP contribution is -2.46. The topological polar surface area (TPSA) is 136 Å². The van der Waals surface area contributed by atoms with Gasteiger partial charge in [0.15, 0.2) is 11.6 Å². The summed E-state index contributed by atoms with van der Waals surface area (Å²) in [5, 5.41) is 11.3. The molecular formula is C28H35ClFN9O2. The highest BCUT2D eigenvalue weighted by atomic mass is 35.5. The van der Waals surface area contributed by atoms with Crippen LogP contribution in [0.15, 0.2) is 24.4 Å². The zero-order chi connectivity index (χ0) is 29.3. The maximum Gasteiger partial charge on any atom is 0.246 e. The first kappa shape index (κ1) is 28.7. The number of rotatable bonds is 6. The molecule has 4 N–H and O–H groups in total. The van der Waals surface area contributed by atoms with Crippen molar-refractivity contribution in [2.75, 3.05) is 36.5 Å². The summed E-state index contributed by atoms with van der Waals surface area (Å²) in [7, 11) is 0. The number of piperidine rings is 2. The van der Waals surface area contributed by atoms with Gasteiger partial charge in [-0.25, -0.2) is 20.2 Å². The van der Waals surface area contributed by atoms with E-state index in [2.05, 4.69) is 25.5 Å². The molecule has 3 aromatic rings. The van der Waals surface area contributed by atoms with Gasteiger partial charge in [-0.2, -0.15) is 10.1 Å². The number of hydrogen-bond donors (Lipinski definition) is 3. The summed E-state index contributed by atoms with van der Waals surface area (Å²) >= 11 is 6.26. The highest BCUT2D eigenvalue weighted by Gasteiger charge is 2.32. The van der Waals surface area contributed by atoms with E-state index in [1.165, 1.54) is 12.3 Å². The second-order valence-electron chi connectivity index (χ2n) is 10.8. The second kappa shape index (κ2) is 12.0. The molecule has 2 fully saturated rings. The highest BCUT2D eigenvalue weighted by molar-refractivity contribution is 6.32. The Kier molecular flexibility index (Phi) is 8.41. The number of H-pyrrole nitrogens is 1. The number of aryl methyl sites for hydroxylation is 2. The third-order valence-corrected chi connectivity index (χ3v) is 8.31. The summed E-state index contributed by atoms with van der Waals surface area (Å²) in [6.07, 6.45) is 4.32. The number of likely N-dealkylation sites (tertiary alicyclic amines) is 2. The molecular weight excluding hydrogens is 549 g/mol. The van der Waals surface area contributed by atoms with Gasteiger partial charge in [0.1, 0.15) is 10.8 Å². The number of aromatic nitrogens is 4. The van der Waals surface area contributed by atoms with Gasteiger partial charge in [-0.3, -0.25) is 14.7 Å². The lowest BCUT2D eigenvalue weighted by molar-refractivity contribution is -0.140. The fourth-order valence-electron chi connectivity index (χ4n) is 5.69. The molecule has 1 aromatic carbocycles. The number of carbonyl (C=O) groups excluding carboxylic acids is 2. The first-order chi connectivity index (χ1) is 19.6. The fraction of sp³-hybridized carbons (Fsp3) is 0.464. The molecule has 41 heavy (non-hydrogen) atoms. The average molecular weight is 584 g/mol. The van der Waals surface area contributed by atoms with Crippen molar-refractivity contribution in [2.45, 2.75) is 52.4 Å². The Morgan fingerprint density at radius 3 is 2.41 bits per heavy atom. The number of hydrazine groups is 1. The van der Waals surface area contributed by atoms with Crippen LogP contribution in [0.2, 0.25) is 5.02 Å². The number of benzene rings is 1. The zero-order valence-electron chi connectivity index (χ0n) is 23.5. The van der Waals surface area contributed by atoms with Crippen molar-refractivity contribution >= 4 is 46.7 Å². The van der Waals surface area contributed by atoms with Crippen molar-refractivity contribution in [1.82, 2.24) is 30.0 Å². The van der Waals surface area contributed by atoms with Gasteiger partial charge in [-0.05, 0) is 68.7 Å². The van der Waals surface area contributed by atoms with Crippen molar-refractivity contribution in [3.05, 3.63) is 52.1 Å².